The summed E-state index contributed by atoms with van der Waals surface area (Å²) in [4.78, 5) is 14.6. The summed E-state index contributed by atoms with van der Waals surface area (Å²) < 4.78 is 13.1. The normalized spacial score (nSPS) is 22.7. The molecule has 4 rings (SSSR count). The molecule has 6 heteroatoms. The third-order valence-electron chi connectivity index (χ3n) is 5.37. The van der Waals surface area contributed by atoms with Crippen LogP contribution in [0.5, 0.6) is 0 Å². The Morgan fingerprint density at radius 2 is 2.28 bits per heavy atom. The van der Waals surface area contributed by atoms with Crippen LogP contribution >= 0.6 is 0 Å². The lowest BCUT2D eigenvalue weighted by molar-refractivity contribution is -0.181. The zero-order valence-electron chi connectivity index (χ0n) is 14.6. The lowest BCUT2D eigenvalue weighted by Crippen LogP contribution is -2.64. The van der Waals surface area contributed by atoms with E-state index in [1.165, 1.54) is 5.56 Å². The van der Waals surface area contributed by atoms with Gasteiger partial charge in [-0.1, -0.05) is 0 Å². The van der Waals surface area contributed by atoms with Crippen LogP contribution in [0.4, 0.5) is 0 Å². The highest BCUT2D eigenvalue weighted by Crippen LogP contribution is 2.36. The van der Waals surface area contributed by atoms with Crippen molar-refractivity contribution >= 4 is 5.91 Å². The van der Waals surface area contributed by atoms with E-state index < -0.39 is 0 Å². The van der Waals surface area contributed by atoms with E-state index >= 15 is 0 Å². The summed E-state index contributed by atoms with van der Waals surface area (Å²) in [7, 11) is 1.88. The quantitative estimate of drug-likeness (QED) is 0.902. The Labute approximate surface area is 147 Å². The Balaban J connectivity index is 1.19. The number of carbonyl (C=O) groups is 1. The Kier molecular flexibility index (Phi) is 4.39. The molecular formula is C19H25N3O3. The van der Waals surface area contributed by atoms with Crippen molar-refractivity contribution in [1.82, 2.24) is 14.8 Å². The number of aryl methyl sites for hydroxylation is 1. The molecule has 1 spiro atoms. The Hall–Kier alpha value is -2.05. The summed E-state index contributed by atoms with van der Waals surface area (Å²) in [5.41, 5.74) is 1.94. The van der Waals surface area contributed by atoms with Gasteiger partial charge in [-0.3, -0.25) is 9.69 Å². The highest BCUT2D eigenvalue weighted by Gasteiger charge is 2.46. The van der Waals surface area contributed by atoms with Crippen LogP contribution < -0.4 is 5.32 Å². The summed E-state index contributed by atoms with van der Waals surface area (Å²) in [5.74, 6) is 0.389. The van der Waals surface area contributed by atoms with Crippen molar-refractivity contribution in [1.29, 1.82) is 0 Å². The van der Waals surface area contributed by atoms with Crippen LogP contribution in [0.2, 0.25) is 0 Å². The number of amides is 1. The van der Waals surface area contributed by atoms with E-state index in [2.05, 4.69) is 10.2 Å². The van der Waals surface area contributed by atoms with Crippen LogP contribution in [-0.4, -0.2) is 47.2 Å². The minimum Gasteiger partial charge on any atom is -0.472 e. The van der Waals surface area contributed by atoms with E-state index in [-0.39, 0.29) is 11.5 Å². The largest absolute Gasteiger partial charge is 0.472 e. The van der Waals surface area contributed by atoms with Crippen LogP contribution in [0.25, 0.3) is 0 Å². The second-order valence-electron chi connectivity index (χ2n) is 7.39. The molecule has 0 aromatic carbocycles. The summed E-state index contributed by atoms with van der Waals surface area (Å²) >= 11 is 0. The number of furan rings is 1. The fraction of sp³-hybridized carbons (Fsp3) is 0.526. The molecular weight excluding hydrogens is 318 g/mol. The highest BCUT2D eigenvalue weighted by atomic mass is 16.5. The number of aromatic nitrogens is 1. The maximum atomic E-state index is 12.2. The lowest BCUT2D eigenvalue weighted by atomic mass is 9.82. The molecule has 1 atom stereocenters. The average molecular weight is 343 g/mol. The molecule has 25 heavy (non-hydrogen) atoms. The van der Waals surface area contributed by atoms with Crippen molar-refractivity contribution in [2.24, 2.45) is 13.0 Å². The van der Waals surface area contributed by atoms with Crippen LogP contribution in [0, 0.1) is 5.92 Å². The van der Waals surface area contributed by atoms with E-state index in [0.717, 1.165) is 39.1 Å². The van der Waals surface area contributed by atoms with Crippen LogP contribution in [0.15, 0.2) is 41.3 Å². The van der Waals surface area contributed by atoms with Gasteiger partial charge in [-0.25, -0.2) is 0 Å². The van der Waals surface area contributed by atoms with Gasteiger partial charge >= 0.3 is 0 Å². The van der Waals surface area contributed by atoms with Gasteiger partial charge in [0.05, 0.1) is 24.7 Å². The number of carbonyl (C=O) groups excluding carboxylic acids is 1. The molecule has 0 saturated carbocycles. The number of ether oxygens (including phenoxy) is 1. The van der Waals surface area contributed by atoms with E-state index in [1.54, 1.807) is 12.5 Å². The second kappa shape index (κ2) is 6.69. The van der Waals surface area contributed by atoms with Gasteiger partial charge in [-0.2, -0.15) is 0 Å². The monoisotopic (exact) mass is 343 g/mol. The summed E-state index contributed by atoms with van der Waals surface area (Å²) in [6, 6.07) is 5.73. The molecule has 4 heterocycles. The molecule has 1 unspecified atom stereocenters. The standard InChI is InChI=1S/C19H25N3O3/c1-21-7-2-3-17(21)18(23)20-9-15-4-6-19(25-12-15)13-22(14-19)10-16-5-8-24-11-16/h2-3,5,7-8,11,15H,4,6,9-10,12-14H2,1H3,(H,20,23). The molecule has 2 fully saturated rings. The molecule has 2 aliphatic heterocycles. The Morgan fingerprint density at radius 1 is 1.40 bits per heavy atom. The van der Waals surface area contributed by atoms with Crippen molar-refractivity contribution in [3.05, 3.63) is 48.2 Å². The third kappa shape index (κ3) is 3.50. The van der Waals surface area contributed by atoms with Gasteiger partial charge in [0.25, 0.3) is 5.91 Å². The topological polar surface area (TPSA) is 59.6 Å². The lowest BCUT2D eigenvalue weighted by Gasteiger charge is -2.52. The number of nitrogens with one attached hydrogen (secondary N) is 1. The van der Waals surface area contributed by atoms with Crippen molar-refractivity contribution in [3.63, 3.8) is 0 Å². The average Bonchev–Trinajstić information content (AvgIpc) is 3.24. The predicted octanol–water partition coefficient (Wildman–Crippen LogP) is 2.03. The van der Waals surface area contributed by atoms with Gasteiger partial charge in [0, 0.05) is 45.0 Å². The molecule has 0 aliphatic carbocycles. The zero-order valence-corrected chi connectivity index (χ0v) is 14.6. The van der Waals surface area contributed by atoms with Crippen molar-refractivity contribution in [2.75, 3.05) is 26.2 Å². The second-order valence-corrected chi connectivity index (χ2v) is 7.39. The number of hydrogen-bond acceptors (Lipinski definition) is 4. The molecule has 2 aromatic heterocycles. The third-order valence-corrected chi connectivity index (χ3v) is 5.37. The molecule has 2 aromatic rings. The zero-order chi connectivity index (χ0) is 17.3. The Morgan fingerprint density at radius 3 is 2.92 bits per heavy atom. The number of rotatable bonds is 5. The molecule has 2 aliphatic rings. The first-order valence-electron chi connectivity index (χ1n) is 8.90. The minimum absolute atomic E-state index is 0.0114. The Bertz CT molecular complexity index is 706. The van der Waals surface area contributed by atoms with E-state index in [9.17, 15) is 4.79 Å². The first kappa shape index (κ1) is 16.4. The molecule has 0 bridgehead atoms. The van der Waals surface area contributed by atoms with E-state index in [1.807, 2.05) is 36.0 Å². The maximum Gasteiger partial charge on any atom is 0.267 e. The van der Waals surface area contributed by atoms with Gasteiger partial charge in [-0.15, -0.1) is 0 Å². The summed E-state index contributed by atoms with van der Waals surface area (Å²) in [6.45, 7) is 4.31. The van der Waals surface area contributed by atoms with Gasteiger partial charge in [0.1, 0.15) is 5.69 Å². The van der Waals surface area contributed by atoms with E-state index in [0.29, 0.717) is 18.2 Å². The van der Waals surface area contributed by atoms with Crippen molar-refractivity contribution in [3.8, 4) is 0 Å². The van der Waals surface area contributed by atoms with Crippen molar-refractivity contribution in [2.45, 2.75) is 25.0 Å². The number of likely N-dealkylation sites (tertiary alicyclic amines) is 1. The fourth-order valence-electron chi connectivity index (χ4n) is 3.87. The molecule has 2 saturated heterocycles. The predicted molar refractivity (Wildman–Crippen MR) is 93.1 cm³/mol. The van der Waals surface area contributed by atoms with Crippen LogP contribution in [0.1, 0.15) is 28.9 Å². The number of hydrogen-bond donors (Lipinski definition) is 1. The molecule has 1 N–H and O–H groups in total. The van der Waals surface area contributed by atoms with Crippen LogP contribution in [-0.2, 0) is 18.3 Å². The van der Waals surface area contributed by atoms with Crippen LogP contribution in [0.3, 0.4) is 0 Å². The summed E-state index contributed by atoms with van der Waals surface area (Å²) in [6.07, 6.45) is 7.58. The van der Waals surface area contributed by atoms with Gasteiger partial charge in [0.15, 0.2) is 0 Å². The SMILES string of the molecule is Cn1cccc1C(=O)NCC1CCC2(CN(Cc3ccoc3)C2)OC1. The minimum atomic E-state index is -0.0114. The smallest absolute Gasteiger partial charge is 0.267 e. The molecule has 134 valence electrons. The first-order chi connectivity index (χ1) is 12.1. The van der Waals surface area contributed by atoms with Crippen molar-refractivity contribution < 1.29 is 13.9 Å². The first-order valence-corrected chi connectivity index (χ1v) is 8.90. The van der Waals surface area contributed by atoms with Gasteiger partial charge < -0.3 is 19.0 Å². The molecule has 0 radical (unpaired) electrons. The van der Waals surface area contributed by atoms with E-state index in [4.69, 9.17) is 9.15 Å². The molecule has 1 amide bonds. The molecule has 6 nitrogen and oxygen atoms in total. The highest BCUT2D eigenvalue weighted by molar-refractivity contribution is 5.92. The van der Waals surface area contributed by atoms with Gasteiger partial charge in [0.2, 0.25) is 0 Å². The fourth-order valence-corrected chi connectivity index (χ4v) is 3.87. The number of nitrogens with zero attached hydrogens (tertiary/aromatic N) is 2. The van der Waals surface area contributed by atoms with Gasteiger partial charge in [-0.05, 0) is 37.0 Å². The maximum absolute atomic E-state index is 12.2. The summed E-state index contributed by atoms with van der Waals surface area (Å²) in [5, 5.41) is 3.04.